The first-order valence-electron chi connectivity index (χ1n) is 7.06. The average Bonchev–Trinajstić information content (AvgIpc) is 2.79. The third-order valence-corrected chi connectivity index (χ3v) is 4.66. The summed E-state index contributed by atoms with van der Waals surface area (Å²) >= 11 is 0. The topological polar surface area (TPSA) is 29.3 Å². The fraction of sp³-hybridized carbons (Fsp3) is 0.600. The van der Waals surface area contributed by atoms with Crippen molar-refractivity contribution in [2.24, 2.45) is 17.6 Å². The van der Waals surface area contributed by atoms with Crippen molar-refractivity contribution in [1.82, 2.24) is 4.90 Å². The molecule has 2 N–H and O–H groups in total. The maximum absolute atomic E-state index is 13.7. The van der Waals surface area contributed by atoms with Gasteiger partial charge in [-0.1, -0.05) is 18.6 Å². The molecule has 1 heterocycles. The monoisotopic (exact) mass is 266 g/mol. The van der Waals surface area contributed by atoms with Gasteiger partial charge in [0.15, 0.2) is 11.6 Å². The lowest BCUT2D eigenvalue weighted by atomic mass is 9.78. The van der Waals surface area contributed by atoms with Crippen molar-refractivity contribution in [3.8, 4) is 0 Å². The van der Waals surface area contributed by atoms with Gasteiger partial charge in [-0.3, -0.25) is 4.90 Å². The van der Waals surface area contributed by atoms with E-state index in [9.17, 15) is 8.78 Å². The maximum Gasteiger partial charge on any atom is 0.163 e. The quantitative estimate of drug-likeness (QED) is 0.891. The number of benzene rings is 1. The average molecular weight is 266 g/mol. The van der Waals surface area contributed by atoms with Crippen LogP contribution in [0.25, 0.3) is 0 Å². The highest BCUT2D eigenvalue weighted by Crippen LogP contribution is 2.36. The number of fused-ring (bicyclic) bond motifs is 1. The summed E-state index contributed by atoms with van der Waals surface area (Å²) < 4.78 is 26.9. The van der Waals surface area contributed by atoms with E-state index in [0.717, 1.165) is 19.5 Å². The molecule has 1 saturated heterocycles. The third kappa shape index (κ3) is 2.51. The number of hydrogen-bond donors (Lipinski definition) is 1. The van der Waals surface area contributed by atoms with Crippen molar-refractivity contribution in [1.29, 1.82) is 0 Å². The lowest BCUT2D eigenvalue weighted by Gasteiger charge is -2.29. The van der Waals surface area contributed by atoms with Gasteiger partial charge in [-0.05, 0) is 30.7 Å². The summed E-state index contributed by atoms with van der Waals surface area (Å²) in [4.78, 5) is 2.22. The lowest BCUT2D eigenvalue weighted by Crippen LogP contribution is -2.38. The van der Waals surface area contributed by atoms with Gasteiger partial charge >= 0.3 is 0 Å². The van der Waals surface area contributed by atoms with Gasteiger partial charge < -0.3 is 5.73 Å². The van der Waals surface area contributed by atoms with Crippen LogP contribution in [0.4, 0.5) is 8.78 Å². The van der Waals surface area contributed by atoms with Crippen molar-refractivity contribution < 1.29 is 8.78 Å². The van der Waals surface area contributed by atoms with E-state index in [0.29, 0.717) is 23.9 Å². The molecule has 0 aromatic heterocycles. The predicted molar refractivity (Wildman–Crippen MR) is 70.4 cm³/mol. The molecule has 3 rings (SSSR count). The molecule has 4 heteroatoms. The normalized spacial score (nSPS) is 31.4. The number of nitrogens with zero attached hydrogens (tertiary/aromatic N) is 1. The minimum atomic E-state index is -0.759. The molecule has 0 amide bonds. The molecule has 0 radical (unpaired) electrons. The summed E-state index contributed by atoms with van der Waals surface area (Å²) in [6, 6.07) is 4.68. The van der Waals surface area contributed by atoms with Gasteiger partial charge in [-0.2, -0.15) is 0 Å². The van der Waals surface area contributed by atoms with Gasteiger partial charge in [-0.25, -0.2) is 8.78 Å². The minimum Gasteiger partial charge on any atom is -0.327 e. The van der Waals surface area contributed by atoms with E-state index in [1.807, 2.05) is 0 Å². The smallest absolute Gasteiger partial charge is 0.163 e. The molecule has 3 atom stereocenters. The van der Waals surface area contributed by atoms with Crippen LogP contribution >= 0.6 is 0 Å². The fourth-order valence-electron chi connectivity index (χ4n) is 3.65. The summed E-state index contributed by atoms with van der Waals surface area (Å²) in [5.74, 6) is -0.293. The molecule has 104 valence electrons. The van der Waals surface area contributed by atoms with Crippen LogP contribution in [-0.4, -0.2) is 24.0 Å². The van der Waals surface area contributed by atoms with Crippen LogP contribution in [0.3, 0.4) is 0 Å². The van der Waals surface area contributed by atoms with Crippen LogP contribution in [0.5, 0.6) is 0 Å². The highest BCUT2D eigenvalue weighted by molar-refractivity contribution is 5.19. The Labute approximate surface area is 112 Å². The third-order valence-electron chi connectivity index (χ3n) is 4.66. The number of likely N-dealkylation sites (tertiary alicyclic amines) is 1. The Morgan fingerprint density at radius 2 is 2.05 bits per heavy atom. The van der Waals surface area contributed by atoms with Crippen LogP contribution in [0, 0.1) is 23.5 Å². The molecule has 1 saturated carbocycles. The molecule has 2 nitrogen and oxygen atoms in total. The molecule has 2 aliphatic rings. The van der Waals surface area contributed by atoms with Crippen molar-refractivity contribution in [2.45, 2.75) is 31.8 Å². The zero-order chi connectivity index (χ0) is 13.4. The van der Waals surface area contributed by atoms with Gasteiger partial charge in [0.25, 0.3) is 0 Å². The Morgan fingerprint density at radius 3 is 2.84 bits per heavy atom. The molecule has 3 unspecified atom stereocenters. The van der Waals surface area contributed by atoms with Crippen molar-refractivity contribution in [3.63, 3.8) is 0 Å². The number of rotatable bonds is 2. The predicted octanol–water partition coefficient (Wildman–Crippen LogP) is 2.52. The van der Waals surface area contributed by atoms with E-state index in [2.05, 4.69) is 4.90 Å². The Balaban J connectivity index is 1.70. The van der Waals surface area contributed by atoms with Crippen molar-refractivity contribution >= 4 is 0 Å². The zero-order valence-corrected chi connectivity index (χ0v) is 11.0. The van der Waals surface area contributed by atoms with E-state index in [-0.39, 0.29) is 6.04 Å². The highest BCUT2D eigenvalue weighted by atomic mass is 19.2. The molecule has 1 aromatic rings. The van der Waals surface area contributed by atoms with Crippen LogP contribution in [0.15, 0.2) is 18.2 Å². The lowest BCUT2D eigenvalue weighted by molar-refractivity contribution is 0.259. The van der Waals surface area contributed by atoms with E-state index in [1.54, 1.807) is 12.1 Å². The van der Waals surface area contributed by atoms with Gasteiger partial charge in [0, 0.05) is 31.2 Å². The summed E-state index contributed by atoms with van der Waals surface area (Å²) in [6.07, 6.45) is 3.52. The van der Waals surface area contributed by atoms with Crippen molar-refractivity contribution in [2.75, 3.05) is 13.1 Å². The van der Waals surface area contributed by atoms with E-state index < -0.39 is 11.6 Å². The molecular formula is C15H20F2N2. The van der Waals surface area contributed by atoms with Crippen LogP contribution in [0.2, 0.25) is 0 Å². The molecule has 2 fully saturated rings. The second-order valence-electron chi connectivity index (χ2n) is 5.93. The first-order valence-corrected chi connectivity index (χ1v) is 7.06. The number of nitrogens with two attached hydrogens (primary N) is 1. The number of hydrogen-bond acceptors (Lipinski definition) is 2. The largest absolute Gasteiger partial charge is 0.327 e. The Bertz CT molecular complexity index is 463. The molecule has 0 spiro atoms. The van der Waals surface area contributed by atoms with Gasteiger partial charge in [0.2, 0.25) is 0 Å². The van der Waals surface area contributed by atoms with Crippen molar-refractivity contribution in [3.05, 3.63) is 35.4 Å². The molecule has 19 heavy (non-hydrogen) atoms. The van der Waals surface area contributed by atoms with E-state index in [4.69, 9.17) is 5.73 Å². The summed E-state index contributed by atoms with van der Waals surface area (Å²) in [5, 5.41) is 0. The maximum atomic E-state index is 13.7. The second kappa shape index (κ2) is 5.17. The molecule has 1 aliphatic carbocycles. The first kappa shape index (κ1) is 13.0. The zero-order valence-electron chi connectivity index (χ0n) is 11.0. The van der Waals surface area contributed by atoms with Gasteiger partial charge in [0.1, 0.15) is 0 Å². The Morgan fingerprint density at radius 1 is 1.21 bits per heavy atom. The van der Waals surface area contributed by atoms with E-state index in [1.165, 1.54) is 18.9 Å². The Hall–Kier alpha value is -1.00. The van der Waals surface area contributed by atoms with Crippen LogP contribution in [-0.2, 0) is 6.54 Å². The highest BCUT2D eigenvalue weighted by Gasteiger charge is 2.38. The summed E-state index contributed by atoms with van der Waals surface area (Å²) in [5.41, 5.74) is 6.62. The minimum absolute atomic E-state index is 0.279. The van der Waals surface area contributed by atoms with E-state index >= 15 is 0 Å². The second-order valence-corrected chi connectivity index (χ2v) is 5.93. The summed E-state index contributed by atoms with van der Waals surface area (Å²) in [7, 11) is 0. The molecule has 1 aliphatic heterocycles. The van der Waals surface area contributed by atoms with Gasteiger partial charge in [-0.15, -0.1) is 0 Å². The van der Waals surface area contributed by atoms with Crippen LogP contribution < -0.4 is 5.73 Å². The molecule has 0 bridgehead atoms. The molecular weight excluding hydrogens is 246 g/mol. The fourth-order valence-corrected chi connectivity index (χ4v) is 3.65. The van der Waals surface area contributed by atoms with Gasteiger partial charge in [0.05, 0.1) is 0 Å². The summed E-state index contributed by atoms with van der Waals surface area (Å²) in [6.45, 7) is 2.37. The first-order chi connectivity index (χ1) is 9.15. The van der Waals surface area contributed by atoms with Crippen LogP contribution in [0.1, 0.15) is 24.8 Å². The molecule has 1 aromatic carbocycles. The number of halogens is 2. The SMILES string of the molecule is NC1CCCC2CN(Cc3cccc(F)c3F)CC12. The standard InChI is InChI=1S/C15H20F2N2/c16-13-5-1-4-11(15(13)17)8-19-7-10-3-2-6-14(18)12(10)9-19/h1,4-5,10,12,14H,2-3,6-9,18H2. The Kier molecular flexibility index (Phi) is 3.54.